The number of carbonyl (C=O) groups excluding carboxylic acids is 2. The first kappa shape index (κ1) is 24.0. The van der Waals surface area contributed by atoms with Crippen molar-refractivity contribution in [2.75, 3.05) is 12.4 Å². The number of nitrogens with one attached hydrogen (secondary N) is 1. The molecule has 0 aromatic heterocycles. The highest BCUT2D eigenvalue weighted by Crippen LogP contribution is 2.74. The number of nitrogens with two attached hydrogens (primary N) is 1. The predicted molar refractivity (Wildman–Crippen MR) is 113 cm³/mol. The number of halogens is 7. The van der Waals surface area contributed by atoms with Gasteiger partial charge in [0.25, 0.3) is 5.91 Å². The molecule has 1 aliphatic carbocycles. The van der Waals surface area contributed by atoms with E-state index in [-0.39, 0.29) is 28.6 Å². The third kappa shape index (κ3) is 3.86. The van der Waals surface area contributed by atoms with Gasteiger partial charge >= 0.3 is 0 Å². The van der Waals surface area contributed by atoms with E-state index in [2.05, 4.69) is 5.32 Å². The van der Waals surface area contributed by atoms with Crippen LogP contribution in [-0.4, -0.2) is 28.6 Å². The van der Waals surface area contributed by atoms with Crippen molar-refractivity contribution in [2.24, 2.45) is 5.73 Å². The Kier molecular flexibility index (Phi) is 6.73. The molecule has 1 aliphatic rings. The third-order valence-electron chi connectivity index (χ3n) is 5.23. The Morgan fingerprint density at radius 1 is 1.10 bits per heavy atom. The van der Waals surface area contributed by atoms with Crippen LogP contribution in [0.15, 0.2) is 30.3 Å². The third-order valence-corrected chi connectivity index (χ3v) is 6.82. The van der Waals surface area contributed by atoms with Gasteiger partial charge in [0.2, 0.25) is 5.91 Å². The van der Waals surface area contributed by atoms with Crippen LogP contribution in [0, 0.1) is 17.5 Å². The molecule has 0 bridgehead atoms. The van der Waals surface area contributed by atoms with E-state index in [9.17, 15) is 22.8 Å². The van der Waals surface area contributed by atoms with E-state index >= 15 is 0 Å². The molecule has 0 saturated heterocycles. The molecule has 1 fully saturated rings. The van der Waals surface area contributed by atoms with Gasteiger partial charge in [0, 0.05) is 18.3 Å². The highest BCUT2D eigenvalue weighted by molar-refractivity contribution is 6.55. The van der Waals surface area contributed by atoms with E-state index in [0.717, 1.165) is 12.1 Å². The quantitative estimate of drug-likeness (QED) is 0.412. The van der Waals surface area contributed by atoms with Crippen molar-refractivity contribution < 1.29 is 22.8 Å². The maximum Gasteiger partial charge on any atom is 0.254 e. The summed E-state index contributed by atoms with van der Waals surface area (Å²) in [6, 6.07) is 5.25. The van der Waals surface area contributed by atoms with Crippen LogP contribution in [0.4, 0.5) is 13.2 Å². The zero-order valence-corrected chi connectivity index (χ0v) is 18.6. The lowest BCUT2D eigenvalue weighted by molar-refractivity contribution is -0.120. The maximum atomic E-state index is 14.4. The van der Waals surface area contributed by atoms with Gasteiger partial charge in [-0.2, -0.15) is 0 Å². The Hall–Kier alpha value is -1.67. The molecule has 1 saturated carbocycles. The van der Waals surface area contributed by atoms with Crippen LogP contribution in [0.25, 0.3) is 0 Å². The van der Waals surface area contributed by atoms with Gasteiger partial charge in [-0.25, -0.2) is 13.2 Å². The largest absolute Gasteiger partial charge is 0.369 e. The molecule has 4 nitrogen and oxygen atoms in total. The van der Waals surface area contributed by atoms with Crippen molar-refractivity contribution in [3.05, 3.63) is 69.5 Å². The van der Waals surface area contributed by atoms with Gasteiger partial charge in [-0.1, -0.05) is 40.9 Å². The average molecular weight is 514 g/mol. The van der Waals surface area contributed by atoms with E-state index in [4.69, 9.17) is 52.1 Å². The van der Waals surface area contributed by atoms with Crippen LogP contribution in [0.1, 0.15) is 33.8 Å². The molecule has 2 unspecified atom stereocenters. The molecule has 0 aliphatic heterocycles. The Morgan fingerprint density at radius 2 is 1.77 bits per heavy atom. The summed E-state index contributed by atoms with van der Waals surface area (Å²) in [5.74, 6) is -6.28. The van der Waals surface area contributed by atoms with Crippen molar-refractivity contribution in [1.29, 1.82) is 0 Å². The summed E-state index contributed by atoms with van der Waals surface area (Å²) in [5, 5.41) is 2.15. The molecule has 0 spiro atoms. The lowest BCUT2D eigenvalue weighted by Crippen LogP contribution is -2.35. The molecule has 11 heteroatoms. The summed E-state index contributed by atoms with van der Waals surface area (Å²) in [5.41, 5.74) is 3.09. The van der Waals surface area contributed by atoms with Gasteiger partial charge in [-0.3, -0.25) is 9.59 Å². The number of hydrogen-bond donors (Lipinski definition) is 2. The second-order valence-corrected chi connectivity index (χ2v) is 9.19. The number of amides is 2. The highest BCUT2D eigenvalue weighted by atomic mass is 35.5. The number of alkyl halides is 3. The number of carbonyl (C=O) groups is 2. The summed E-state index contributed by atoms with van der Waals surface area (Å²) in [6.45, 7) is 0.125. The minimum Gasteiger partial charge on any atom is -0.369 e. The van der Waals surface area contributed by atoms with Crippen molar-refractivity contribution in [1.82, 2.24) is 5.32 Å². The van der Waals surface area contributed by atoms with E-state index in [1.807, 2.05) is 0 Å². The molecular formula is C20H15Cl4F3N2O2. The first-order valence-corrected chi connectivity index (χ1v) is 10.6. The highest BCUT2D eigenvalue weighted by Gasteiger charge is 2.81. The Morgan fingerprint density at radius 3 is 2.35 bits per heavy atom. The zero-order valence-electron chi connectivity index (χ0n) is 15.6. The van der Waals surface area contributed by atoms with E-state index in [1.54, 1.807) is 0 Å². The first-order valence-electron chi connectivity index (χ1n) is 8.96. The van der Waals surface area contributed by atoms with Crippen LogP contribution in [0.2, 0.25) is 5.02 Å². The van der Waals surface area contributed by atoms with Gasteiger partial charge in [0.05, 0.1) is 10.6 Å². The summed E-state index contributed by atoms with van der Waals surface area (Å²) >= 11 is 24.2. The first-order chi connectivity index (χ1) is 14.5. The summed E-state index contributed by atoms with van der Waals surface area (Å²) in [7, 11) is 0. The van der Waals surface area contributed by atoms with Crippen LogP contribution < -0.4 is 11.1 Å². The van der Waals surface area contributed by atoms with Crippen molar-refractivity contribution in [3.8, 4) is 0 Å². The second-order valence-electron chi connectivity index (χ2n) is 7.02. The minimum absolute atomic E-state index is 0.125. The maximum absolute atomic E-state index is 14.4. The lowest BCUT2D eigenvalue weighted by atomic mass is 9.88. The lowest BCUT2D eigenvalue weighted by Gasteiger charge is -2.17. The summed E-state index contributed by atoms with van der Waals surface area (Å²) in [6.07, 6.45) is 0.405. The van der Waals surface area contributed by atoms with Gasteiger partial charge in [-0.05, 0) is 41.8 Å². The van der Waals surface area contributed by atoms with Crippen molar-refractivity contribution in [3.63, 3.8) is 0 Å². The Labute approximate surface area is 195 Å². The predicted octanol–water partition coefficient (Wildman–Crippen LogP) is 4.81. The molecule has 2 aromatic rings. The minimum atomic E-state index is -1.92. The zero-order chi connectivity index (χ0) is 23.1. The normalized spacial score (nSPS) is 21.6. The molecule has 2 amide bonds. The number of rotatable bonds is 7. The number of primary amides is 1. The number of benzene rings is 2. The fourth-order valence-electron chi connectivity index (χ4n) is 3.71. The van der Waals surface area contributed by atoms with Gasteiger partial charge < -0.3 is 11.1 Å². The van der Waals surface area contributed by atoms with Gasteiger partial charge in [-0.15, -0.1) is 11.6 Å². The van der Waals surface area contributed by atoms with Crippen molar-refractivity contribution in [2.45, 2.75) is 22.1 Å². The Bertz CT molecular complexity index is 1070. The van der Waals surface area contributed by atoms with Crippen LogP contribution >= 0.6 is 46.4 Å². The number of hydrogen-bond acceptors (Lipinski definition) is 2. The molecule has 31 heavy (non-hydrogen) atoms. The standard InChI is InChI=1S/C20H15Cl4F3N2O2/c21-4-1-5-29-17(30)11-7-10(8-14(26)15(11)27)19(18(28)31)16(20(19,23)24)9-2-3-13(25)12(22)6-9/h2-3,6-8,16H,1,4-5H2,(H2,28,31)(H,29,30). The monoisotopic (exact) mass is 512 g/mol. The molecule has 166 valence electrons. The van der Waals surface area contributed by atoms with E-state index in [0.29, 0.717) is 12.5 Å². The molecule has 3 N–H and O–H groups in total. The molecule has 0 heterocycles. The SMILES string of the molecule is NC(=O)C1(c2cc(F)c(F)c(C(=O)NCCCCl)c2)C(c2ccc(F)c(Cl)c2)C1(Cl)Cl. The van der Waals surface area contributed by atoms with Gasteiger partial charge in [0.15, 0.2) is 11.6 Å². The van der Waals surface area contributed by atoms with Crippen LogP contribution in [-0.2, 0) is 10.2 Å². The van der Waals surface area contributed by atoms with E-state index in [1.165, 1.54) is 12.1 Å². The molecule has 0 radical (unpaired) electrons. The summed E-state index contributed by atoms with van der Waals surface area (Å²) in [4.78, 5) is 24.9. The van der Waals surface area contributed by atoms with E-state index < -0.39 is 50.5 Å². The van der Waals surface area contributed by atoms with Crippen LogP contribution in [0.3, 0.4) is 0 Å². The molecule has 2 aromatic carbocycles. The molecular weight excluding hydrogens is 499 g/mol. The fraction of sp³-hybridized carbons (Fsp3) is 0.300. The van der Waals surface area contributed by atoms with Crippen LogP contribution in [0.5, 0.6) is 0 Å². The topological polar surface area (TPSA) is 72.2 Å². The second kappa shape index (κ2) is 8.70. The average Bonchev–Trinajstić information content (AvgIpc) is 3.23. The molecule has 3 rings (SSSR count). The van der Waals surface area contributed by atoms with Crippen molar-refractivity contribution >= 4 is 58.2 Å². The Balaban J connectivity index is 2.12. The van der Waals surface area contributed by atoms with Gasteiger partial charge in [0.1, 0.15) is 15.6 Å². The fourth-order valence-corrected chi connectivity index (χ4v) is 5.12. The summed E-state index contributed by atoms with van der Waals surface area (Å²) < 4.78 is 40.5. The smallest absolute Gasteiger partial charge is 0.254 e. The molecule has 2 atom stereocenters.